The number of nitrogens with one attached hydrogen (secondary N) is 1. The second-order valence-electron chi connectivity index (χ2n) is 6.30. The van der Waals surface area contributed by atoms with Crippen molar-refractivity contribution in [1.29, 1.82) is 0 Å². The van der Waals surface area contributed by atoms with Crippen molar-refractivity contribution in [3.05, 3.63) is 95.6 Å². The molecule has 3 nitrogen and oxygen atoms in total. The Labute approximate surface area is 163 Å². The SMILES string of the molecule is Cc1cc(C)cc(NC(=S)/C(=C(\[O-])c2ccc(F)cc2)[n+]2ccccc2)c1. The number of aromatic nitrogens is 1. The average molecular weight is 378 g/mol. The van der Waals surface area contributed by atoms with Crippen LogP contribution in [0.2, 0.25) is 0 Å². The van der Waals surface area contributed by atoms with Crippen molar-refractivity contribution in [3.63, 3.8) is 0 Å². The zero-order valence-electron chi connectivity index (χ0n) is 15.1. The summed E-state index contributed by atoms with van der Waals surface area (Å²) < 4.78 is 14.9. The normalized spacial score (nSPS) is 11.7. The predicted molar refractivity (Wildman–Crippen MR) is 108 cm³/mol. The van der Waals surface area contributed by atoms with Crippen molar-refractivity contribution in [2.45, 2.75) is 13.8 Å². The number of nitrogens with zero attached hydrogens (tertiary/aromatic N) is 1. The molecule has 0 unspecified atom stereocenters. The highest BCUT2D eigenvalue weighted by Gasteiger charge is 2.18. The van der Waals surface area contributed by atoms with E-state index in [2.05, 4.69) is 11.4 Å². The van der Waals surface area contributed by atoms with Gasteiger partial charge in [-0.05, 0) is 60.6 Å². The fraction of sp³-hybridized carbons (Fsp3) is 0.0909. The lowest BCUT2D eigenvalue weighted by molar-refractivity contribution is -0.577. The smallest absolute Gasteiger partial charge is 0.238 e. The largest absolute Gasteiger partial charge is 0.867 e. The Kier molecular flexibility index (Phi) is 5.62. The van der Waals surface area contributed by atoms with Crippen LogP contribution in [0.1, 0.15) is 16.7 Å². The molecule has 136 valence electrons. The van der Waals surface area contributed by atoms with Gasteiger partial charge in [0, 0.05) is 17.8 Å². The first-order valence-electron chi connectivity index (χ1n) is 8.47. The van der Waals surface area contributed by atoms with Crippen LogP contribution in [0.3, 0.4) is 0 Å². The van der Waals surface area contributed by atoms with Crippen molar-refractivity contribution in [2.24, 2.45) is 0 Å². The first-order chi connectivity index (χ1) is 12.9. The van der Waals surface area contributed by atoms with E-state index in [1.807, 2.05) is 44.2 Å². The van der Waals surface area contributed by atoms with E-state index >= 15 is 0 Å². The van der Waals surface area contributed by atoms with E-state index in [1.54, 1.807) is 17.0 Å². The molecule has 27 heavy (non-hydrogen) atoms. The lowest BCUT2D eigenvalue weighted by Gasteiger charge is -2.17. The lowest BCUT2D eigenvalue weighted by Crippen LogP contribution is -2.39. The standard InChI is InChI=1S/C22H19FN2OS/c1-15-12-16(2)14-19(13-15)24-22(27)20(25-10-4-3-5-11-25)21(26)17-6-8-18(23)9-7-17/h3-14H,1-2H3,(H-,24,26,27). The molecule has 1 N–H and O–H groups in total. The first kappa shape index (κ1) is 18.7. The number of aryl methyl sites for hydroxylation is 2. The third kappa shape index (κ3) is 4.57. The molecular formula is C22H19FN2OS. The Morgan fingerprint density at radius 3 is 2.15 bits per heavy atom. The highest BCUT2D eigenvalue weighted by atomic mass is 32.1. The number of anilines is 1. The number of benzene rings is 2. The first-order valence-corrected chi connectivity index (χ1v) is 8.88. The summed E-state index contributed by atoms with van der Waals surface area (Å²) >= 11 is 5.56. The minimum atomic E-state index is -0.392. The molecule has 0 bridgehead atoms. The molecule has 1 aromatic heterocycles. The minimum Gasteiger partial charge on any atom is -0.867 e. The zero-order valence-corrected chi connectivity index (χ0v) is 15.9. The molecule has 0 fully saturated rings. The summed E-state index contributed by atoms with van der Waals surface area (Å²) in [7, 11) is 0. The van der Waals surface area contributed by atoms with Crippen LogP contribution in [-0.4, -0.2) is 4.99 Å². The van der Waals surface area contributed by atoms with E-state index in [4.69, 9.17) is 12.2 Å². The second kappa shape index (κ2) is 8.10. The van der Waals surface area contributed by atoms with Gasteiger partial charge in [0.1, 0.15) is 5.82 Å². The van der Waals surface area contributed by atoms with E-state index in [0.717, 1.165) is 16.8 Å². The highest BCUT2D eigenvalue weighted by molar-refractivity contribution is 7.81. The van der Waals surface area contributed by atoms with Crippen LogP contribution >= 0.6 is 12.2 Å². The maximum Gasteiger partial charge on any atom is 0.238 e. The summed E-state index contributed by atoms with van der Waals surface area (Å²) in [5.74, 6) is -0.676. The molecule has 0 aliphatic heterocycles. The van der Waals surface area contributed by atoms with E-state index in [1.165, 1.54) is 24.3 Å². The number of hydrogen-bond acceptors (Lipinski definition) is 2. The Morgan fingerprint density at radius 1 is 0.963 bits per heavy atom. The van der Waals surface area contributed by atoms with Crippen LogP contribution in [-0.2, 0) is 0 Å². The van der Waals surface area contributed by atoms with Gasteiger partial charge in [0.2, 0.25) is 5.70 Å². The molecule has 2 aromatic carbocycles. The predicted octanol–water partition coefficient (Wildman–Crippen LogP) is 3.86. The third-order valence-corrected chi connectivity index (χ3v) is 4.29. The summed E-state index contributed by atoms with van der Waals surface area (Å²) in [5, 5.41) is 16.3. The Hall–Kier alpha value is -3.05. The van der Waals surface area contributed by atoms with Gasteiger partial charge in [0.05, 0.1) is 0 Å². The van der Waals surface area contributed by atoms with Gasteiger partial charge in [-0.15, -0.1) is 0 Å². The van der Waals surface area contributed by atoms with Crippen molar-refractivity contribution in [2.75, 3.05) is 5.32 Å². The van der Waals surface area contributed by atoms with E-state index in [0.29, 0.717) is 16.2 Å². The Morgan fingerprint density at radius 2 is 1.56 bits per heavy atom. The molecule has 1 heterocycles. The monoisotopic (exact) mass is 378 g/mol. The van der Waals surface area contributed by atoms with E-state index in [-0.39, 0.29) is 5.76 Å². The maximum absolute atomic E-state index is 13.2. The van der Waals surface area contributed by atoms with Crippen LogP contribution in [0.4, 0.5) is 10.1 Å². The topological polar surface area (TPSA) is 39.0 Å². The fourth-order valence-electron chi connectivity index (χ4n) is 2.86. The molecule has 0 saturated carbocycles. The van der Waals surface area contributed by atoms with Crippen LogP contribution < -0.4 is 15.0 Å². The summed E-state index contributed by atoms with van der Waals surface area (Å²) in [4.78, 5) is 0.297. The number of halogens is 1. The Bertz CT molecular complexity index is 978. The van der Waals surface area contributed by atoms with Crippen LogP contribution in [0.5, 0.6) is 0 Å². The van der Waals surface area contributed by atoms with Crippen molar-refractivity contribution in [1.82, 2.24) is 0 Å². The van der Waals surface area contributed by atoms with Crippen molar-refractivity contribution >= 4 is 34.3 Å². The van der Waals surface area contributed by atoms with Gasteiger partial charge in [-0.3, -0.25) is 0 Å². The molecule has 5 heteroatoms. The third-order valence-electron chi connectivity index (χ3n) is 3.99. The summed E-state index contributed by atoms with van der Waals surface area (Å²) in [6.07, 6.45) is 3.51. The maximum atomic E-state index is 13.2. The summed E-state index contributed by atoms with van der Waals surface area (Å²) in [6, 6.07) is 16.9. The van der Waals surface area contributed by atoms with Gasteiger partial charge in [0.25, 0.3) is 0 Å². The van der Waals surface area contributed by atoms with E-state index < -0.39 is 5.82 Å². The number of thiocarbonyl (C=S) groups is 1. The molecule has 0 radical (unpaired) electrons. The molecule has 0 saturated heterocycles. The highest BCUT2D eigenvalue weighted by Crippen LogP contribution is 2.19. The quantitative estimate of drug-likeness (QED) is 0.324. The van der Waals surface area contributed by atoms with Gasteiger partial charge in [-0.25, -0.2) is 4.39 Å². The second-order valence-corrected chi connectivity index (χ2v) is 6.71. The van der Waals surface area contributed by atoms with Gasteiger partial charge < -0.3 is 10.4 Å². The molecule has 0 amide bonds. The lowest BCUT2D eigenvalue weighted by atomic mass is 10.1. The van der Waals surface area contributed by atoms with Gasteiger partial charge in [0.15, 0.2) is 17.4 Å². The zero-order chi connectivity index (χ0) is 19.4. The molecule has 0 aliphatic rings. The summed E-state index contributed by atoms with van der Waals surface area (Å²) in [6.45, 7) is 4.00. The van der Waals surface area contributed by atoms with Gasteiger partial charge >= 0.3 is 0 Å². The molecule has 0 atom stereocenters. The Balaban J connectivity index is 2.05. The molecule has 3 rings (SSSR count). The van der Waals surface area contributed by atoms with Gasteiger partial charge in [-0.1, -0.05) is 36.5 Å². The molecule has 3 aromatic rings. The number of rotatable bonds is 4. The molecule has 0 aliphatic carbocycles. The number of hydrogen-bond donors (Lipinski definition) is 1. The molecular weight excluding hydrogens is 359 g/mol. The van der Waals surface area contributed by atoms with Crippen LogP contribution in [0.15, 0.2) is 73.1 Å². The summed E-state index contributed by atoms with van der Waals surface area (Å²) in [5.41, 5.74) is 3.68. The van der Waals surface area contributed by atoms with Gasteiger partial charge in [-0.2, -0.15) is 4.57 Å². The van der Waals surface area contributed by atoms with Crippen LogP contribution in [0, 0.1) is 19.7 Å². The van der Waals surface area contributed by atoms with Crippen molar-refractivity contribution in [3.8, 4) is 0 Å². The van der Waals surface area contributed by atoms with E-state index in [9.17, 15) is 9.50 Å². The van der Waals surface area contributed by atoms with Crippen molar-refractivity contribution < 1.29 is 14.1 Å². The minimum absolute atomic E-state index is 0.284. The molecule has 0 spiro atoms. The van der Waals surface area contributed by atoms with Crippen LogP contribution in [0.25, 0.3) is 11.5 Å². The average Bonchev–Trinajstić information content (AvgIpc) is 2.62. The number of pyridine rings is 1. The fourth-order valence-corrected chi connectivity index (χ4v) is 3.18.